The Hall–Kier alpha value is 0.1000. The lowest BCUT2D eigenvalue weighted by atomic mass is 10.2. The van der Waals surface area contributed by atoms with Gasteiger partial charge < -0.3 is 10.4 Å². The van der Waals surface area contributed by atoms with E-state index < -0.39 is 0 Å². The predicted molar refractivity (Wildman–Crippen MR) is 64.6 cm³/mol. The Morgan fingerprint density at radius 2 is 2.36 bits per heavy atom. The SMILES string of the molecule is CC(CCCO)NCc1ccc(Br)s1. The normalized spacial score (nSPS) is 13.1. The molecule has 0 fully saturated rings. The summed E-state index contributed by atoms with van der Waals surface area (Å²) in [5, 5.41) is 12.1. The van der Waals surface area contributed by atoms with Gasteiger partial charge in [0, 0.05) is 24.1 Å². The molecule has 1 aromatic rings. The van der Waals surface area contributed by atoms with Gasteiger partial charge in [0.15, 0.2) is 0 Å². The Bertz CT molecular complexity index is 264. The fourth-order valence-electron chi connectivity index (χ4n) is 1.22. The molecule has 0 saturated carbocycles. The molecular weight excluding hydrogens is 262 g/mol. The lowest BCUT2D eigenvalue weighted by Crippen LogP contribution is -2.25. The second-order valence-electron chi connectivity index (χ2n) is 3.35. The Balaban J connectivity index is 2.20. The lowest BCUT2D eigenvalue weighted by molar-refractivity contribution is 0.276. The summed E-state index contributed by atoms with van der Waals surface area (Å²) in [5.74, 6) is 0. The van der Waals surface area contributed by atoms with Crippen molar-refractivity contribution in [2.75, 3.05) is 6.61 Å². The zero-order valence-electron chi connectivity index (χ0n) is 8.29. The Labute approximate surface area is 97.5 Å². The smallest absolute Gasteiger partial charge is 0.0701 e. The van der Waals surface area contributed by atoms with Crippen LogP contribution in [0.4, 0.5) is 0 Å². The summed E-state index contributed by atoms with van der Waals surface area (Å²) < 4.78 is 1.18. The van der Waals surface area contributed by atoms with Gasteiger partial charge in [0.2, 0.25) is 0 Å². The predicted octanol–water partition coefficient (Wildman–Crippen LogP) is 2.76. The quantitative estimate of drug-likeness (QED) is 0.838. The van der Waals surface area contributed by atoms with Crippen LogP contribution in [0.1, 0.15) is 24.6 Å². The van der Waals surface area contributed by atoms with Crippen LogP contribution in [-0.4, -0.2) is 17.8 Å². The molecule has 0 radical (unpaired) electrons. The fourth-order valence-corrected chi connectivity index (χ4v) is 2.66. The monoisotopic (exact) mass is 277 g/mol. The molecule has 80 valence electrons. The van der Waals surface area contributed by atoms with Gasteiger partial charge in [0.25, 0.3) is 0 Å². The molecule has 2 N–H and O–H groups in total. The summed E-state index contributed by atoms with van der Waals surface area (Å²) in [4.78, 5) is 1.34. The van der Waals surface area contributed by atoms with E-state index in [1.54, 1.807) is 11.3 Å². The van der Waals surface area contributed by atoms with Gasteiger partial charge in [0.1, 0.15) is 0 Å². The van der Waals surface area contributed by atoms with Gasteiger partial charge in [-0.15, -0.1) is 11.3 Å². The Morgan fingerprint density at radius 3 is 2.93 bits per heavy atom. The summed E-state index contributed by atoms with van der Waals surface area (Å²) in [7, 11) is 0. The highest BCUT2D eigenvalue weighted by molar-refractivity contribution is 9.11. The highest BCUT2D eigenvalue weighted by atomic mass is 79.9. The van der Waals surface area contributed by atoms with Gasteiger partial charge in [-0.25, -0.2) is 0 Å². The third kappa shape index (κ3) is 4.55. The summed E-state index contributed by atoms with van der Waals surface area (Å²) in [6.45, 7) is 3.36. The molecule has 4 heteroatoms. The van der Waals surface area contributed by atoms with Gasteiger partial charge >= 0.3 is 0 Å². The molecule has 0 aliphatic rings. The molecule has 14 heavy (non-hydrogen) atoms. The number of hydrogen-bond donors (Lipinski definition) is 2. The zero-order valence-corrected chi connectivity index (χ0v) is 10.7. The second kappa shape index (κ2) is 6.56. The van der Waals surface area contributed by atoms with Crippen LogP contribution < -0.4 is 5.32 Å². The van der Waals surface area contributed by atoms with Crippen molar-refractivity contribution < 1.29 is 5.11 Å². The van der Waals surface area contributed by atoms with Gasteiger partial charge in [-0.2, -0.15) is 0 Å². The second-order valence-corrected chi connectivity index (χ2v) is 5.90. The van der Waals surface area contributed by atoms with E-state index in [-0.39, 0.29) is 6.61 Å². The minimum atomic E-state index is 0.288. The average molecular weight is 278 g/mol. The Morgan fingerprint density at radius 1 is 1.57 bits per heavy atom. The molecular formula is C10H16BrNOS. The molecule has 0 aliphatic carbocycles. The van der Waals surface area contributed by atoms with Crippen LogP contribution >= 0.6 is 27.3 Å². The first-order valence-electron chi connectivity index (χ1n) is 4.81. The van der Waals surface area contributed by atoms with E-state index in [0.29, 0.717) is 6.04 Å². The molecule has 1 atom stereocenters. The molecule has 0 saturated heterocycles. The van der Waals surface area contributed by atoms with Crippen LogP contribution in [0.2, 0.25) is 0 Å². The maximum atomic E-state index is 8.67. The number of thiophene rings is 1. The summed E-state index contributed by atoms with van der Waals surface area (Å²) in [5.41, 5.74) is 0. The molecule has 1 rings (SSSR count). The number of halogens is 1. The molecule has 1 unspecified atom stereocenters. The van der Waals surface area contributed by atoms with E-state index >= 15 is 0 Å². The first kappa shape index (κ1) is 12.2. The van der Waals surface area contributed by atoms with E-state index in [9.17, 15) is 0 Å². The van der Waals surface area contributed by atoms with Crippen LogP contribution in [-0.2, 0) is 6.54 Å². The maximum Gasteiger partial charge on any atom is 0.0701 e. The van der Waals surface area contributed by atoms with Crippen LogP contribution in [0.5, 0.6) is 0 Å². The van der Waals surface area contributed by atoms with Crippen LogP contribution in [0.3, 0.4) is 0 Å². The van der Waals surface area contributed by atoms with Crippen molar-refractivity contribution in [3.63, 3.8) is 0 Å². The molecule has 1 aromatic heterocycles. The topological polar surface area (TPSA) is 32.3 Å². The van der Waals surface area contributed by atoms with Crippen LogP contribution in [0.25, 0.3) is 0 Å². The van der Waals surface area contributed by atoms with Crippen molar-refractivity contribution in [1.29, 1.82) is 0 Å². The molecule has 0 aromatic carbocycles. The van der Waals surface area contributed by atoms with E-state index in [4.69, 9.17) is 5.11 Å². The van der Waals surface area contributed by atoms with E-state index in [0.717, 1.165) is 19.4 Å². The number of aliphatic hydroxyl groups excluding tert-OH is 1. The van der Waals surface area contributed by atoms with Crippen molar-refractivity contribution in [2.24, 2.45) is 0 Å². The number of nitrogens with one attached hydrogen (secondary N) is 1. The van der Waals surface area contributed by atoms with Gasteiger partial charge in [0.05, 0.1) is 3.79 Å². The first-order valence-corrected chi connectivity index (χ1v) is 6.42. The standard InChI is InChI=1S/C10H16BrNOS/c1-8(3-2-6-13)12-7-9-4-5-10(11)14-9/h4-5,8,12-13H,2-3,6-7H2,1H3. The highest BCUT2D eigenvalue weighted by Crippen LogP contribution is 2.21. The van der Waals surface area contributed by atoms with Crippen molar-refractivity contribution in [3.05, 3.63) is 20.8 Å². The summed E-state index contributed by atoms with van der Waals surface area (Å²) in [6, 6.07) is 4.67. The van der Waals surface area contributed by atoms with Crippen molar-refractivity contribution in [2.45, 2.75) is 32.4 Å². The largest absolute Gasteiger partial charge is 0.396 e. The fraction of sp³-hybridized carbons (Fsp3) is 0.600. The number of aliphatic hydroxyl groups is 1. The van der Waals surface area contributed by atoms with Crippen molar-refractivity contribution in [3.8, 4) is 0 Å². The van der Waals surface area contributed by atoms with E-state index in [2.05, 4.69) is 40.3 Å². The van der Waals surface area contributed by atoms with Crippen molar-refractivity contribution in [1.82, 2.24) is 5.32 Å². The summed E-state index contributed by atoms with van der Waals surface area (Å²) in [6.07, 6.45) is 1.91. The van der Waals surface area contributed by atoms with Gasteiger partial charge in [-0.3, -0.25) is 0 Å². The molecule has 0 bridgehead atoms. The average Bonchev–Trinajstić information content (AvgIpc) is 2.58. The van der Waals surface area contributed by atoms with Crippen LogP contribution in [0, 0.1) is 0 Å². The van der Waals surface area contributed by atoms with Crippen LogP contribution in [0.15, 0.2) is 15.9 Å². The summed E-state index contributed by atoms with van der Waals surface area (Å²) >= 11 is 5.20. The molecule has 0 spiro atoms. The third-order valence-electron chi connectivity index (χ3n) is 2.05. The minimum absolute atomic E-state index is 0.288. The van der Waals surface area contributed by atoms with Gasteiger partial charge in [-0.1, -0.05) is 0 Å². The minimum Gasteiger partial charge on any atom is -0.396 e. The van der Waals surface area contributed by atoms with Crippen molar-refractivity contribution >= 4 is 27.3 Å². The lowest BCUT2D eigenvalue weighted by Gasteiger charge is -2.11. The molecule has 2 nitrogen and oxygen atoms in total. The van der Waals surface area contributed by atoms with Gasteiger partial charge in [-0.05, 0) is 47.8 Å². The molecule has 0 amide bonds. The molecule has 1 heterocycles. The maximum absolute atomic E-state index is 8.67. The third-order valence-corrected chi connectivity index (χ3v) is 3.67. The molecule has 0 aliphatic heterocycles. The first-order chi connectivity index (χ1) is 6.72. The number of rotatable bonds is 6. The Kier molecular flexibility index (Phi) is 5.70. The highest BCUT2D eigenvalue weighted by Gasteiger charge is 2.02. The van der Waals surface area contributed by atoms with E-state index in [1.165, 1.54) is 8.66 Å². The zero-order chi connectivity index (χ0) is 10.4. The number of hydrogen-bond acceptors (Lipinski definition) is 3. The van der Waals surface area contributed by atoms with E-state index in [1.807, 2.05) is 0 Å².